The summed E-state index contributed by atoms with van der Waals surface area (Å²) in [7, 11) is 0. The maximum absolute atomic E-state index is 6.27. The summed E-state index contributed by atoms with van der Waals surface area (Å²) in [4.78, 5) is 0. The summed E-state index contributed by atoms with van der Waals surface area (Å²) in [5.41, 5.74) is 1.23. The number of aromatic nitrogens is 2. The average molecular weight is 482 g/mol. The van der Waals surface area contributed by atoms with E-state index in [0.29, 0.717) is 3.43 Å². The second-order valence-electron chi connectivity index (χ2n) is 7.54. The number of hydrogen-bond acceptors (Lipinski definition) is 1. The van der Waals surface area contributed by atoms with Crippen LogP contribution in [0.1, 0.15) is 85.5 Å². The van der Waals surface area contributed by atoms with E-state index in [0.717, 1.165) is 11.6 Å². The summed E-state index contributed by atoms with van der Waals surface area (Å²) in [5.74, 6) is 0. The predicted octanol–water partition coefficient (Wildman–Crippen LogP) is 6.77. The van der Waals surface area contributed by atoms with Crippen molar-refractivity contribution in [2.45, 2.75) is 95.5 Å². The number of benzene rings is 1. The monoisotopic (exact) mass is 482 g/mol. The number of aryl methyl sites for hydroxylation is 1. The Balaban J connectivity index is 2.40. The first-order valence-electron chi connectivity index (χ1n) is 10.5. The van der Waals surface area contributed by atoms with Crippen LogP contribution in [0.5, 0.6) is 0 Å². The Labute approximate surface area is 175 Å². The fraction of sp³-hybridized carbons (Fsp3) is 0.682. The van der Waals surface area contributed by atoms with Gasteiger partial charge in [0.1, 0.15) is 0 Å². The molecule has 0 N–H and O–H groups in total. The molecule has 0 aliphatic rings. The van der Waals surface area contributed by atoms with E-state index in [1.54, 1.807) is 0 Å². The summed E-state index contributed by atoms with van der Waals surface area (Å²) >= 11 is 5.45. The molecule has 2 nitrogen and oxygen atoms in total. The van der Waals surface area contributed by atoms with Gasteiger partial charge in [-0.2, -0.15) is 0 Å². The molecule has 0 saturated heterocycles. The molecular weight excluding hydrogens is 446 g/mol. The molecule has 0 unspecified atom stereocenters. The molecule has 0 aliphatic heterocycles. The zero-order valence-corrected chi connectivity index (χ0v) is 20.7. The second-order valence-corrected chi connectivity index (χ2v) is 13.1. The molecule has 26 heavy (non-hydrogen) atoms. The molecule has 2 aromatic rings. The van der Waals surface area contributed by atoms with Gasteiger partial charge >= 0.3 is 176 Å². The van der Waals surface area contributed by atoms with Gasteiger partial charge in [-0.25, -0.2) is 0 Å². The zero-order valence-electron chi connectivity index (χ0n) is 17.1. The third-order valence-electron chi connectivity index (χ3n) is 5.42. The van der Waals surface area contributed by atoms with Crippen molar-refractivity contribution in [2.75, 3.05) is 0 Å². The van der Waals surface area contributed by atoms with Gasteiger partial charge in [-0.3, -0.25) is 0 Å². The molecule has 0 spiro atoms. The Morgan fingerprint density at radius 3 is 2.04 bits per heavy atom. The van der Waals surface area contributed by atoms with Crippen molar-refractivity contribution in [2.24, 2.45) is 0 Å². The average Bonchev–Trinajstić information content (AvgIpc) is 2.99. The molecular formula is C22H35ClN2Sn. The van der Waals surface area contributed by atoms with E-state index in [1.165, 1.54) is 72.4 Å². The van der Waals surface area contributed by atoms with Crippen molar-refractivity contribution >= 4 is 47.4 Å². The van der Waals surface area contributed by atoms with Gasteiger partial charge in [0.05, 0.1) is 0 Å². The van der Waals surface area contributed by atoms with Crippen molar-refractivity contribution in [3.8, 4) is 0 Å². The summed E-state index contributed by atoms with van der Waals surface area (Å²) in [6, 6.07) is 6.36. The van der Waals surface area contributed by atoms with Crippen molar-refractivity contribution in [1.29, 1.82) is 0 Å². The molecule has 4 heteroatoms. The first-order chi connectivity index (χ1) is 12.6. The minimum absolute atomic E-state index is 0.574. The normalized spacial score (nSPS) is 12.2. The number of unbranched alkanes of at least 4 members (excludes halogenated alkanes) is 3. The van der Waals surface area contributed by atoms with Crippen LogP contribution < -0.4 is 3.71 Å². The standard InChI is InChI=1S/C13H27.C9H8ClN2.Sn/c1-4-7-10-13(11-8-5-2)12-9-6-3;1-2-12-9-5-8(10)4-3-7(9)6-11-12;/h4-12H2,1-3H3;3-5H,2H2,1H3;. The third kappa shape index (κ3) is 5.64. The topological polar surface area (TPSA) is 17.8 Å². The molecule has 2 rings (SSSR count). The van der Waals surface area contributed by atoms with Gasteiger partial charge in [0.25, 0.3) is 0 Å². The predicted molar refractivity (Wildman–Crippen MR) is 117 cm³/mol. The number of halogens is 1. The molecule has 0 saturated carbocycles. The SMILES string of the molecule is CCCC[C](CCCC)(CCCC)[Sn][c]1nn(CC)c2cc(Cl)ccc12. The van der Waals surface area contributed by atoms with E-state index in [-0.39, 0.29) is 0 Å². The molecule has 1 heterocycles. The molecule has 0 atom stereocenters. The number of hydrogen-bond donors (Lipinski definition) is 0. The molecule has 1 aromatic carbocycles. The van der Waals surface area contributed by atoms with Crippen LogP contribution in [-0.4, -0.2) is 30.9 Å². The maximum atomic E-state index is 6.27. The summed E-state index contributed by atoms with van der Waals surface area (Å²) in [6.07, 6.45) is 12.2. The third-order valence-corrected chi connectivity index (χ3v) is 11.0. The molecule has 144 valence electrons. The second kappa shape index (κ2) is 10.9. The van der Waals surface area contributed by atoms with Gasteiger partial charge in [0.2, 0.25) is 0 Å². The molecule has 0 fully saturated rings. The quantitative estimate of drug-likeness (QED) is 0.306. The molecule has 0 amide bonds. The van der Waals surface area contributed by atoms with Crippen LogP contribution in [0.4, 0.5) is 0 Å². The van der Waals surface area contributed by atoms with Gasteiger partial charge < -0.3 is 0 Å². The van der Waals surface area contributed by atoms with Crippen LogP contribution in [0.25, 0.3) is 10.9 Å². The molecule has 2 radical (unpaired) electrons. The first-order valence-corrected chi connectivity index (χ1v) is 13.8. The van der Waals surface area contributed by atoms with Crippen molar-refractivity contribution in [1.82, 2.24) is 9.78 Å². The van der Waals surface area contributed by atoms with Crippen LogP contribution in [0.2, 0.25) is 8.45 Å². The zero-order chi connectivity index (χ0) is 19.0. The Bertz CT molecular complexity index is 658. The van der Waals surface area contributed by atoms with E-state index in [9.17, 15) is 0 Å². The van der Waals surface area contributed by atoms with Gasteiger partial charge in [-0.15, -0.1) is 0 Å². The molecule has 1 aromatic heterocycles. The van der Waals surface area contributed by atoms with Gasteiger partial charge in [0.15, 0.2) is 0 Å². The fourth-order valence-corrected chi connectivity index (χ4v) is 9.50. The minimum atomic E-state index is -0.815. The van der Waals surface area contributed by atoms with Crippen LogP contribution in [-0.2, 0) is 6.54 Å². The van der Waals surface area contributed by atoms with Crippen molar-refractivity contribution in [3.05, 3.63) is 23.2 Å². The molecule has 0 bridgehead atoms. The van der Waals surface area contributed by atoms with Crippen molar-refractivity contribution < 1.29 is 0 Å². The summed E-state index contributed by atoms with van der Waals surface area (Å²) < 4.78 is 4.19. The Morgan fingerprint density at radius 2 is 1.54 bits per heavy atom. The number of fused-ring (bicyclic) bond motifs is 1. The van der Waals surface area contributed by atoms with Crippen molar-refractivity contribution in [3.63, 3.8) is 0 Å². The fourth-order valence-electron chi connectivity index (χ4n) is 3.84. The van der Waals surface area contributed by atoms with Crippen LogP contribution in [0, 0.1) is 0 Å². The Morgan fingerprint density at radius 1 is 0.962 bits per heavy atom. The van der Waals surface area contributed by atoms with Gasteiger partial charge in [0, 0.05) is 0 Å². The van der Waals surface area contributed by atoms with Crippen LogP contribution in [0.3, 0.4) is 0 Å². The van der Waals surface area contributed by atoms with E-state index < -0.39 is 21.1 Å². The number of nitrogens with zero attached hydrogens (tertiary/aromatic N) is 2. The Hall–Kier alpha value is -0.221. The van der Waals surface area contributed by atoms with Gasteiger partial charge in [-0.1, -0.05) is 0 Å². The van der Waals surface area contributed by atoms with E-state index in [2.05, 4.69) is 44.5 Å². The van der Waals surface area contributed by atoms with E-state index in [1.807, 2.05) is 6.07 Å². The van der Waals surface area contributed by atoms with Crippen LogP contribution in [0.15, 0.2) is 18.2 Å². The van der Waals surface area contributed by atoms with E-state index in [4.69, 9.17) is 16.7 Å². The first kappa shape index (κ1) is 22.1. The number of rotatable bonds is 12. The summed E-state index contributed by atoms with van der Waals surface area (Å²) in [6.45, 7) is 10.1. The Kier molecular flexibility index (Phi) is 9.29. The van der Waals surface area contributed by atoms with Gasteiger partial charge in [-0.05, 0) is 0 Å². The molecule has 0 aliphatic carbocycles. The van der Waals surface area contributed by atoms with Crippen LogP contribution >= 0.6 is 11.6 Å². The van der Waals surface area contributed by atoms with E-state index >= 15 is 0 Å². The summed E-state index contributed by atoms with van der Waals surface area (Å²) in [5, 5.41) is 7.28.